The molecule has 0 heterocycles. The molecule has 3 atom stereocenters. The molecule has 11 nitrogen and oxygen atoms in total. The molecule has 12 heteroatoms. The zero-order valence-electron chi connectivity index (χ0n) is 39.7. The molecule has 4 N–H and O–H groups in total. The number of aliphatic hydroxyl groups is 1. The highest BCUT2D eigenvalue weighted by molar-refractivity contribution is 7.47. The summed E-state index contributed by atoms with van der Waals surface area (Å²) in [4.78, 5) is 46.1. The Hall–Kier alpha value is -2.04. The second kappa shape index (κ2) is 45.5. The summed E-state index contributed by atoms with van der Waals surface area (Å²) in [6.07, 6.45) is 49.1. The van der Waals surface area contributed by atoms with Crippen molar-refractivity contribution in [1.82, 2.24) is 5.32 Å². The second-order valence-corrected chi connectivity index (χ2v) is 18.8. The van der Waals surface area contributed by atoms with Crippen molar-refractivity contribution >= 4 is 25.7 Å². The third-order valence-electron chi connectivity index (χ3n) is 11.2. The van der Waals surface area contributed by atoms with E-state index < -0.39 is 57.6 Å². The van der Waals surface area contributed by atoms with Crippen LogP contribution in [-0.2, 0) is 32.7 Å². The average molecular weight is 900 g/mol. The van der Waals surface area contributed by atoms with Gasteiger partial charge in [-0.15, -0.1) is 0 Å². The molecule has 3 unspecified atom stereocenters. The number of carbonyl (C=O) groups excluding carboxylic acids is 2. The predicted molar refractivity (Wildman–Crippen MR) is 254 cm³/mol. The lowest BCUT2D eigenvalue weighted by Crippen LogP contribution is -2.43. The maximum atomic E-state index is 12.3. The lowest BCUT2D eigenvalue weighted by atomic mass is 10.0. The minimum absolute atomic E-state index is 0.151. The number of hydrogen-bond donors (Lipinski definition) is 4. The summed E-state index contributed by atoms with van der Waals surface area (Å²) >= 11 is 0. The van der Waals surface area contributed by atoms with Crippen LogP contribution >= 0.6 is 7.82 Å². The Labute approximate surface area is 379 Å². The molecular weight excluding hydrogens is 806 g/mol. The van der Waals surface area contributed by atoms with Crippen LogP contribution in [-0.4, -0.2) is 64.9 Å². The fraction of sp³-hybridized carbons (Fsp3) is 0.860. The first-order valence-corrected chi connectivity index (χ1v) is 26.9. The molecule has 0 aromatic heterocycles. The summed E-state index contributed by atoms with van der Waals surface area (Å²) in [5.74, 6) is -2.36. The van der Waals surface area contributed by atoms with Gasteiger partial charge in [0, 0.05) is 12.8 Å². The van der Waals surface area contributed by atoms with Crippen molar-refractivity contribution in [3.05, 3.63) is 24.3 Å². The summed E-state index contributed by atoms with van der Waals surface area (Å²) < 4.78 is 26.9. The standard InChI is InChI=1S/C50H94NO10P/c1-3-5-7-9-11-13-15-17-19-21-22-23-24-26-28-30-32-34-36-38-40-42-49(54)59-43-46(52)44-60-62(57,58)61-45-47(50(55)56)51-48(53)41-39-37-35-33-31-29-27-25-20-18-16-14-12-10-8-6-4-2/h11,13,17,19,46-47,52H,3-10,12,14-16,18,20-45H2,1-2H3,(H,51,53)(H,55,56)(H,57,58)/b13-11-,19-17-. The van der Waals surface area contributed by atoms with E-state index in [0.717, 1.165) is 44.9 Å². The number of carboxylic acid groups (broad SMARTS) is 1. The van der Waals surface area contributed by atoms with Crippen LogP contribution in [0.1, 0.15) is 245 Å². The maximum Gasteiger partial charge on any atom is 0.472 e. The van der Waals surface area contributed by atoms with Gasteiger partial charge in [-0.1, -0.05) is 212 Å². The highest BCUT2D eigenvalue weighted by Gasteiger charge is 2.28. The molecule has 0 aliphatic carbocycles. The van der Waals surface area contributed by atoms with Crippen molar-refractivity contribution in [1.29, 1.82) is 0 Å². The van der Waals surface area contributed by atoms with Crippen LogP contribution in [0, 0.1) is 0 Å². The summed E-state index contributed by atoms with van der Waals surface area (Å²) in [6, 6.07) is -1.54. The predicted octanol–water partition coefficient (Wildman–Crippen LogP) is 13.8. The topological polar surface area (TPSA) is 169 Å². The summed E-state index contributed by atoms with van der Waals surface area (Å²) in [5.41, 5.74) is 0. The average Bonchev–Trinajstić information content (AvgIpc) is 3.25. The molecule has 0 spiro atoms. The number of carbonyl (C=O) groups is 3. The maximum absolute atomic E-state index is 12.3. The normalized spacial score (nSPS) is 13.7. The molecule has 0 rings (SSSR count). The number of phosphoric ester groups is 1. The number of phosphoric acid groups is 1. The number of esters is 1. The van der Waals surface area contributed by atoms with Gasteiger partial charge in [0.1, 0.15) is 12.7 Å². The van der Waals surface area contributed by atoms with E-state index in [0.29, 0.717) is 12.8 Å². The monoisotopic (exact) mass is 900 g/mol. The molecule has 0 aromatic rings. The van der Waals surface area contributed by atoms with Crippen molar-refractivity contribution in [3.8, 4) is 0 Å². The Balaban J connectivity index is 3.80. The van der Waals surface area contributed by atoms with E-state index in [4.69, 9.17) is 13.8 Å². The molecule has 0 aliphatic heterocycles. The number of hydrogen-bond acceptors (Lipinski definition) is 8. The fourth-order valence-corrected chi connectivity index (χ4v) is 8.06. The number of ether oxygens (including phenoxy) is 1. The summed E-state index contributed by atoms with van der Waals surface area (Å²) in [7, 11) is -4.76. The minimum Gasteiger partial charge on any atom is -0.480 e. The van der Waals surface area contributed by atoms with Crippen molar-refractivity contribution < 1.29 is 47.8 Å². The van der Waals surface area contributed by atoms with Gasteiger partial charge in [-0.2, -0.15) is 0 Å². The summed E-state index contributed by atoms with van der Waals surface area (Å²) in [6.45, 7) is 2.61. The number of aliphatic hydroxyl groups excluding tert-OH is 1. The van der Waals surface area contributed by atoms with Gasteiger partial charge < -0.3 is 25.2 Å². The lowest BCUT2D eigenvalue weighted by molar-refractivity contribution is -0.147. The van der Waals surface area contributed by atoms with Crippen molar-refractivity contribution in [2.24, 2.45) is 0 Å². The first-order chi connectivity index (χ1) is 30.1. The molecule has 0 radical (unpaired) electrons. The number of rotatable bonds is 48. The zero-order chi connectivity index (χ0) is 45.6. The molecule has 0 bridgehead atoms. The SMILES string of the molecule is CCCCC/C=C\C/C=C\CCCCCCCCCCCCCC(=O)OCC(O)COP(=O)(O)OCC(NC(=O)CCCCCCCCCCCCCCCCCCC)C(=O)O. The van der Waals surface area contributed by atoms with Crippen LogP contribution in [0.5, 0.6) is 0 Å². The fourth-order valence-electron chi connectivity index (χ4n) is 7.29. The number of carboxylic acids is 1. The van der Waals surface area contributed by atoms with E-state index in [-0.39, 0.29) is 12.8 Å². The molecule has 1 amide bonds. The Bertz CT molecular complexity index is 1150. The molecule has 0 aromatic carbocycles. The molecule has 364 valence electrons. The first kappa shape index (κ1) is 60.0. The van der Waals surface area contributed by atoms with Crippen molar-refractivity contribution in [3.63, 3.8) is 0 Å². The van der Waals surface area contributed by atoms with Gasteiger partial charge in [0.2, 0.25) is 5.91 Å². The zero-order valence-corrected chi connectivity index (χ0v) is 40.6. The van der Waals surface area contributed by atoms with E-state index in [1.165, 1.54) is 161 Å². The van der Waals surface area contributed by atoms with Crippen LogP contribution < -0.4 is 5.32 Å². The number of nitrogens with one attached hydrogen (secondary N) is 1. The number of aliphatic carboxylic acids is 1. The number of unbranched alkanes of at least 4 members (excludes halogenated alkanes) is 30. The molecule has 0 aliphatic rings. The smallest absolute Gasteiger partial charge is 0.472 e. The Morgan fingerprint density at radius 3 is 1.34 bits per heavy atom. The lowest BCUT2D eigenvalue weighted by Gasteiger charge is -2.18. The minimum atomic E-state index is -4.76. The van der Waals surface area contributed by atoms with Gasteiger partial charge >= 0.3 is 19.8 Å². The van der Waals surface area contributed by atoms with Crippen LogP contribution in [0.2, 0.25) is 0 Å². The number of amides is 1. The quantitative estimate of drug-likeness (QED) is 0.0200. The Morgan fingerprint density at radius 2 is 0.887 bits per heavy atom. The van der Waals surface area contributed by atoms with Crippen LogP contribution in [0.3, 0.4) is 0 Å². The third-order valence-corrected chi connectivity index (χ3v) is 12.2. The Kier molecular flexibility index (Phi) is 44.0. The third kappa shape index (κ3) is 44.6. The van der Waals surface area contributed by atoms with Gasteiger partial charge in [0.05, 0.1) is 13.2 Å². The summed E-state index contributed by atoms with van der Waals surface area (Å²) in [5, 5.41) is 21.9. The van der Waals surface area contributed by atoms with Gasteiger partial charge in [0.25, 0.3) is 0 Å². The molecular formula is C50H94NO10P. The van der Waals surface area contributed by atoms with Gasteiger partial charge in [-0.3, -0.25) is 18.6 Å². The van der Waals surface area contributed by atoms with E-state index >= 15 is 0 Å². The molecule has 0 saturated heterocycles. The largest absolute Gasteiger partial charge is 0.480 e. The molecule has 62 heavy (non-hydrogen) atoms. The highest BCUT2D eigenvalue weighted by Crippen LogP contribution is 2.43. The van der Waals surface area contributed by atoms with Crippen LogP contribution in [0.25, 0.3) is 0 Å². The van der Waals surface area contributed by atoms with E-state index in [1.54, 1.807) is 0 Å². The van der Waals surface area contributed by atoms with Gasteiger partial charge in [-0.05, 0) is 44.9 Å². The van der Waals surface area contributed by atoms with Gasteiger partial charge in [-0.25, -0.2) is 9.36 Å². The van der Waals surface area contributed by atoms with E-state index in [1.807, 2.05) is 0 Å². The van der Waals surface area contributed by atoms with Crippen molar-refractivity contribution in [2.75, 3.05) is 19.8 Å². The van der Waals surface area contributed by atoms with Crippen LogP contribution in [0.15, 0.2) is 24.3 Å². The number of allylic oxidation sites excluding steroid dienone is 4. The highest BCUT2D eigenvalue weighted by atomic mass is 31.2. The van der Waals surface area contributed by atoms with Crippen LogP contribution in [0.4, 0.5) is 0 Å². The Morgan fingerprint density at radius 1 is 0.516 bits per heavy atom. The molecule has 0 saturated carbocycles. The second-order valence-electron chi connectivity index (χ2n) is 17.4. The molecule has 0 fully saturated rings. The van der Waals surface area contributed by atoms with E-state index in [9.17, 15) is 34.1 Å². The van der Waals surface area contributed by atoms with Gasteiger partial charge in [0.15, 0.2) is 6.04 Å². The first-order valence-electron chi connectivity index (χ1n) is 25.4. The van der Waals surface area contributed by atoms with Crippen molar-refractivity contribution in [2.45, 2.75) is 257 Å². The van der Waals surface area contributed by atoms with E-state index in [2.05, 4.69) is 43.5 Å².